The lowest BCUT2D eigenvalue weighted by molar-refractivity contribution is -0.328. The quantitative estimate of drug-likeness (QED) is 0.419. The molecular formula is C11H14O5-2. The van der Waals surface area contributed by atoms with Crippen LogP contribution in [-0.2, 0) is 14.4 Å². The summed E-state index contributed by atoms with van der Waals surface area (Å²) in [6.45, 7) is 5.04. The van der Waals surface area contributed by atoms with Crippen molar-refractivity contribution >= 4 is 17.7 Å². The molecule has 0 rings (SSSR count). The minimum atomic E-state index is -2.21. The van der Waals surface area contributed by atoms with Gasteiger partial charge >= 0.3 is 0 Å². The monoisotopic (exact) mass is 226 g/mol. The molecule has 0 aliphatic carbocycles. The third-order valence-electron chi connectivity index (χ3n) is 2.49. The molecule has 5 heteroatoms. The topological polar surface area (TPSA) is 97.3 Å². The molecule has 0 fully saturated rings. The highest BCUT2D eigenvalue weighted by atomic mass is 16.4. The Bertz CT molecular complexity index is 320. The van der Waals surface area contributed by atoms with Gasteiger partial charge in [0.15, 0.2) is 5.78 Å². The lowest BCUT2D eigenvalue weighted by atomic mass is 9.93. The van der Waals surface area contributed by atoms with Crippen LogP contribution in [0.4, 0.5) is 0 Å². The van der Waals surface area contributed by atoms with Gasteiger partial charge in [-0.2, -0.15) is 0 Å². The summed E-state index contributed by atoms with van der Waals surface area (Å²) in [6, 6.07) is 0. The summed E-state index contributed by atoms with van der Waals surface area (Å²) in [4.78, 5) is 32.6. The van der Waals surface area contributed by atoms with Gasteiger partial charge in [-0.25, -0.2) is 0 Å². The number of hydrogen-bond acceptors (Lipinski definition) is 5. The number of Topliss-reactive ketones (excluding diaryl/α,β-unsaturated/α-hetero) is 1. The fraction of sp³-hybridized carbons (Fsp3) is 0.545. The van der Waals surface area contributed by atoms with E-state index in [0.29, 0.717) is 12.8 Å². The molecule has 0 aromatic rings. The van der Waals surface area contributed by atoms with Crippen molar-refractivity contribution in [3.63, 3.8) is 0 Å². The van der Waals surface area contributed by atoms with E-state index in [0.717, 1.165) is 5.57 Å². The van der Waals surface area contributed by atoms with Crippen LogP contribution < -0.4 is 10.2 Å². The molecule has 0 saturated carbocycles. The first kappa shape index (κ1) is 14.3. The molecule has 0 radical (unpaired) electrons. The summed E-state index contributed by atoms with van der Waals surface area (Å²) in [5, 5.41) is 21.0. The second-order valence-electron chi connectivity index (χ2n) is 3.37. The Kier molecular flexibility index (Phi) is 5.42. The van der Waals surface area contributed by atoms with Crippen LogP contribution in [0.5, 0.6) is 0 Å². The highest BCUT2D eigenvalue weighted by Crippen LogP contribution is 2.16. The van der Waals surface area contributed by atoms with Crippen molar-refractivity contribution in [2.75, 3.05) is 0 Å². The van der Waals surface area contributed by atoms with Gasteiger partial charge in [-0.1, -0.05) is 19.4 Å². The van der Waals surface area contributed by atoms with Gasteiger partial charge in [-0.3, -0.25) is 4.79 Å². The van der Waals surface area contributed by atoms with Crippen LogP contribution in [0.2, 0.25) is 0 Å². The first-order valence-electron chi connectivity index (χ1n) is 5.01. The van der Waals surface area contributed by atoms with Crippen LogP contribution in [0, 0.1) is 5.92 Å². The van der Waals surface area contributed by atoms with E-state index >= 15 is 0 Å². The number of carboxylic acid groups (broad SMARTS) is 2. The summed E-state index contributed by atoms with van der Waals surface area (Å²) in [5.41, 5.74) is 0.904. The summed E-state index contributed by atoms with van der Waals surface area (Å²) >= 11 is 0. The molecule has 0 spiro atoms. The first-order chi connectivity index (χ1) is 7.36. The SMILES string of the molecule is CCC(CC)=C(C)C(=O)C(C(=O)[O-])C(=O)[O-]. The Morgan fingerprint density at radius 2 is 1.38 bits per heavy atom. The smallest absolute Gasteiger partial charge is 0.172 e. The molecule has 0 amide bonds. The van der Waals surface area contributed by atoms with Crippen molar-refractivity contribution in [1.82, 2.24) is 0 Å². The number of carbonyl (C=O) groups is 3. The number of allylic oxidation sites excluding steroid dienone is 2. The van der Waals surface area contributed by atoms with Crippen molar-refractivity contribution in [1.29, 1.82) is 0 Å². The van der Waals surface area contributed by atoms with E-state index in [2.05, 4.69) is 0 Å². The van der Waals surface area contributed by atoms with Gasteiger partial charge in [0.05, 0.1) is 11.9 Å². The number of carbonyl (C=O) groups excluding carboxylic acids is 3. The summed E-state index contributed by atoms with van der Waals surface area (Å²) in [5.74, 6) is -7.04. The third-order valence-corrected chi connectivity index (χ3v) is 2.49. The predicted octanol–water partition coefficient (Wildman–Crippen LogP) is -1.19. The van der Waals surface area contributed by atoms with Gasteiger partial charge in [0.2, 0.25) is 0 Å². The van der Waals surface area contributed by atoms with E-state index < -0.39 is 23.6 Å². The minimum Gasteiger partial charge on any atom is -0.549 e. The minimum absolute atomic E-state index is 0.170. The number of rotatable bonds is 6. The lowest BCUT2D eigenvalue weighted by Gasteiger charge is -2.19. The number of ketones is 1. The van der Waals surface area contributed by atoms with E-state index in [9.17, 15) is 24.6 Å². The van der Waals surface area contributed by atoms with Gasteiger partial charge in [-0.05, 0) is 25.3 Å². The van der Waals surface area contributed by atoms with Crippen molar-refractivity contribution in [2.45, 2.75) is 33.6 Å². The molecule has 0 atom stereocenters. The van der Waals surface area contributed by atoms with E-state index in [1.807, 2.05) is 13.8 Å². The van der Waals surface area contributed by atoms with Crippen LogP contribution >= 0.6 is 0 Å². The van der Waals surface area contributed by atoms with Crippen molar-refractivity contribution in [2.24, 2.45) is 5.92 Å². The average Bonchev–Trinajstić information content (AvgIpc) is 2.18. The maximum Gasteiger partial charge on any atom is 0.172 e. The molecule has 0 heterocycles. The Morgan fingerprint density at radius 3 is 1.62 bits per heavy atom. The zero-order chi connectivity index (χ0) is 12.9. The molecular weight excluding hydrogens is 212 g/mol. The molecule has 90 valence electrons. The van der Waals surface area contributed by atoms with E-state index in [-0.39, 0.29) is 5.57 Å². The molecule has 0 N–H and O–H groups in total. The molecule has 0 aliphatic rings. The maximum absolute atomic E-state index is 11.6. The Hall–Kier alpha value is -1.65. The third kappa shape index (κ3) is 3.18. The normalized spacial score (nSPS) is 10.0. The van der Waals surface area contributed by atoms with Crippen molar-refractivity contribution < 1.29 is 24.6 Å². The van der Waals surface area contributed by atoms with Crippen LogP contribution in [0.1, 0.15) is 33.6 Å². The maximum atomic E-state index is 11.6. The molecule has 0 aliphatic heterocycles. The molecule has 0 bridgehead atoms. The van der Waals surface area contributed by atoms with Crippen LogP contribution in [-0.4, -0.2) is 17.7 Å². The van der Waals surface area contributed by atoms with E-state index in [1.54, 1.807) is 0 Å². The Balaban J connectivity index is 5.25. The second kappa shape index (κ2) is 6.05. The summed E-state index contributed by atoms with van der Waals surface area (Å²) in [7, 11) is 0. The van der Waals surface area contributed by atoms with Gasteiger partial charge in [0.25, 0.3) is 0 Å². The van der Waals surface area contributed by atoms with Crippen LogP contribution in [0.3, 0.4) is 0 Å². The van der Waals surface area contributed by atoms with Crippen LogP contribution in [0.15, 0.2) is 11.1 Å². The standard InChI is InChI=1S/C11H16O5/c1-4-7(5-2)6(3)9(12)8(10(13)14)11(15)16/h8H,4-5H2,1-3H3,(H,13,14)(H,15,16)/p-2. The van der Waals surface area contributed by atoms with Gasteiger partial charge < -0.3 is 19.8 Å². The zero-order valence-electron chi connectivity index (χ0n) is 9.53. The summed E-state index contributed by atoms with van der Waals surface area (Å²) < 4.78 is 0. The Morgan fingerprint density at radius 1 is 1.00 bits per heavy atom. The molecule has 16 heavy (non-hydrogen) atoms. The fourth-order valence-corrected chi connectivity index (χ4v) is 1.48. The molecule has 0 unspecified atom stereocenters. The highest BCUT2D eigenvalue weighted by molar-refractivity contribution is 6.18. The van der Waals surface area contributed by atoms with E-state index in [4.69, 9.17) is 0 Å². The van der Waals surface area contributed by atoms with Gasteiger partial charge in [0, 0.05) is 0 Å². The fourth-order valence-electron chi connectivity index (χ4n) is 1.48. The lowest BCUT2D eigenvalue weighted by Crippen LogP contribution is -2.47. The molecule has 5 nitrogen and oxygen atoms in total. The van der Waals surface area contributed by atoms with Gasteiger partial charge in [0.1, 0.15) is 5.92 Å². The number of hydrogen-bond donors (Lipinski definition) is 0. The predicted molar refractivity (Wildman–Crippen MR) is 51.8 cm³/mol. The van der Waals surface area contributed by atoms with Crippen molar-refractivity contribution in [3.8, 4) is 0 Å². The van der Waals surface area contributed by atoms with Gasteiger partial charge in [-0.15, -0.1) is 0 Å². The molecule has 0 saturated heterocycles. The largest absolute Gasteiger partial charge is 0.549 e. The first-order valence-corrected chi connectivity index (χ1v) is 5.01. The second-order valence-corrected chi connectivity index (χ2v) is 3.37. The average molecular weight is 226 g/mol. The number of aliphatic carboxylic acids is 2. The van der Waals surface area contributed by atoms with Crippen molar-refractivity contribution in [3.05, 3.63) is 11.1 Å². The highest BCUT2D eigenvalue weighted by Gasteiger charge is 2.23. The Labute approximate surface area is 93.8 Å². The van der Waals surface area contributed by atoms with E-state index in [1.165, 1.54) is 6.92 Å². The molecule has 0 aromatic heterocycles. The zero-order valence-corrected chi connectivity index (χ0v) is 9.53. The van der Waals surface area contributed by atoms with Crippen LogP contribution in [0.25, 0.3) is 0 Å². The summed E-state index contributed by atoms with van der Waals surface area (Å²) in [6.07, 6.45) is 1.14. The molecule has 0 aromatic carbocycles. The number of carboxylic acids is 2.